The van der Waals surface area contributed by atoms with E-state index >= 15 is 0 Å². The molecule has 2 saturated carbocycles. The van der Waals surface area contributed by atoms with Gasteiger partial charge in [-0.2, -0.15) is 0 Å². The number of hydrogen-bond donors (Lipinski definition) is 2. The summed E-state index contributed by atoms with van der Waals surface area (Å²) < 4.78 is 0. The molecule has 0 saturated heterocycles. The molecule has 0 heterocycles. The standard InChI is InChI=1S/C17H30N2O2/c1-11(18-16(21)17(2,3)4)15(20)19-14-10-13(14)12-8-6-5-7-9-12/h11-14H,5-10H2,1-4H3,(H,18,21)(H,19,20)/t11?,13-,14+/m0/s1. The van der Waals surface area contributed by atoms with Crippen molar-refractivity contribution < 1.29 is 9.59 Å². The Bertz CT molecular complexity index is 394. The Hall–Kier alpha value is -1.06. The first kappa shape index (κ1) is 16.3. The van der Waals surface area contributed by atoms with Crippen molar-refractivity contribution in [2.45, 2.75) is 78.3 Å². The van der Waals surface area contributed by atoms with Gasteiger partial charge in [-0.1, -0.05) is 52.9 Å². The first-order valence-corrected chi connectivity index (χ1v) is 8.40. The van der Waals surface area contributed by atoms with Gasteiger partial charge >= 0.3 is 0 Å². The first-order valence-electron chi connectivity index (χ1n) is 8.40. The number of rotatable bonds is 4. The van der Waals surface area contributed by atoms with Crippen LogP contribution in [0, 0.1) is 17.3 Å². The lowest BCUT2D eigenvalue weighted by Gasteiger charge is -2.23. The van der Waals surface area contributed by atoms with Crippen LogP contribution >= 0.6 is 0 Å². The molecular weight excluding hydrogens is 264 g/mol. The van der Waals surface area contributed by atoms with E-state index in [1.165, 1.54) is 32.1 Å². The molecule has 2 rings (SSSR count). The van der Waals surface area contributed by atoms with Crippen LogP contribution in [0.2, 0.25) is 0 Å². The molecule has 0 bridgehead atoms. The Morgan fingerprint density at radius 1 is 1.10 bits per heavy atom. The molecule has 120 valence electrons. The average molecular weight is 294 g/mol. The fourth-order valence-corrected chi connectivity index (χ4v) is 3.25. The third-order valence-electron chi connectivity index (χ3n) is 4.84. The van der Waals surface area contributed by atoms with E-state index in [9.17, 15) is 9.59 Å². The molecule has 4 nitrogen and oxygen atoms in total. The summed E-state index contributed by atoms with van der Waals surface area (Å²) in [5.74, 6) is 1.36. The molecule has 21 heavy (non-hydrogen) atoms. The van der Waals surface area contributed by atoms with Gasteiger partial charge in [-0.25, -0.2) is 0 Å². The summed E-state index contributed by atoms with van der Waals surface area (Å²) in [4.78, 5) is 24.1. The molecule has 0 aromatic heterocycles. The van der Waals surface area contributed by atoms with E-state index in [1.807, 2.05) is 20.8 Å². The fraction of sp³-hybridized carbons (Fsp3) is 0.882. The van der Waals surface area contributed by atoms with E-state index in [4.69, 9.17) is 0 Å². The van der Waals surface area contributed by atoms with Gasteiger partial charge in [0.1, 0.15) is 6.04 Å². The largest absolute Gasteiger partial charge is 0.351 e. The molecular formula is C17H30N2O2. The topological polar surface area (TPSA) is 58.2 Å². The van der Waals surface area contributed by atoms with Gasteiger partial charge in [0.2, 0.25) is 11.8 Å². The number of hydrogen-bond acceptors (Lipinski definition) is 2. The number of carbonyl (C=O) groups excluding carboxylic acids is 2. The third kappa shape index (κ3) is 4.45. The summed E-state index contributed by atoms with van der Waals surface area (Å²) in [7, 11) is 0. The van der Waals surface area contributed by atoms with Crippen molar-refractivity contribution in [2.24, 2.45) is 17.3 Å². The van der Waals surface area contributed by atoms with Crippen LogP contribution in [0.1, 0.15) is 66.2 Å². The summed E-state index contributed by atoms with van der Waals surface area (Å²) in [5.41, 5.74) is -0.460. The molecule has 1 unspecified atom stereocenters. The first-order chi connectivity index (χ1) is 9.79. The molecule has 2 aliphatic rings. The second-order valence-corrected chi connectivity index (χ2v) is 7.86. The monoisotopic (exact) mass is 294 g/mol. The SMILES string of the molecule is CC(NC(=O)C(C)(C)C)C(=O)N[C@@H]1C[C@H]1C1CCCCC1. The number of nitrogens with one attached hydrogen (secondary N) is 2. The van der Waals surface area contributed by atoms with Gasteiger partial charge in [0, 0.05) is 11.5 Å². The van der Waals surface area contributed by atoms with Crippen LogP contribution < -0.4 is 10.6 Å². The predicted molar refractivity (Wildman–Crippen MR) is 83.7 cm³/mol. The average Bonchev–Trinajstić information content (AvgIpc) is 3.17. The van der Waals surface area contributed by atoms with E-state index < -0.39 is 11.5 Å². The highest BCUT2D eigenvalue weighted by molar-refractivity contribution is 5.89. The van der Waals surface area contributed by atoms with Crippen molar-refractivity contribution in [1.29, 1.82) is 0 Å². The summed E-state index contributed by atoms with van der Waals surface area (Å²) in [6.45, 7) is 7.32. The van der Waals surface area contributed by atoms with E-state index in [0.717, 1.165) is 12.3 Å². The minimum atomic E-state index is -0.460. The van der Waals surface area contributed by atoms with Crippen molar-refractivity contribution in [3.05, 3.63) is 0 Å². The molecule has 0 spiro atoms. The fourth-order valence-electron chi connectivity index (χ4n) is 3.25. The smallest absolute Gasteiger partial charge is 0.242 e. The maximum absolute atomic E-state index is 12.2. The van der Waals surface area contributed by atoms with Crippen molar-refractivity contribution >= 4 is 11.8 Å². The predicted octanol–water partition coefficient (Wildman–Crippen LogP) is 2.62. The minimum Gasteiger partial charge on any atom is -0.351 e. The summed E-state index contributed by atoms with van der Waals surface area (Å²) in [6, 6.07) is -0.112. The van der Waals surface area contributed by atoms with Gasteiger partial charge in [-0.05, 0) is 25.2 Å². The molecule has 0 radical (unpaired) electrons. The quantitative estimate of drug-likeness (QED) is 0.837. The van der Waals surface area contributed by atoms with Gasteiger partial charge < -0.3 is 10.6 Å². The van der Waals surface area contributed by atoms with E-state index in [-0.39, 0.29) is 11.8 Å². The van der Waals surface area contributed by atoms with Crippen LogP contribution in [0.25, 0.3) is 0 Å². The minimum absolute atomic E-state index is 0.0455. The van der Waals surface area contributed by atoms with Gasteiger partial charge in [-0.3, -0.25) is 9.59 Å². The Labute approximate surface area is 128 Å². The van der Waals surface area contributed by atoms with Gasteiger partial charge in [-0.15, -0.1) is 0 Å². The molecule has 0 aromatic rings. The van der Waals surface area contributed by atoms with Crippen LogP contribution in [-0.2, 0) is 9.59 Å². The van der Waals surface area contributed by atoms with E-state index in [0.29, 0.717) is 12.0 Å². The normalized spacial score (nSPS) is 27.8. The lowest BCUT2D eigenvalue weighted by Crippen LogP contribution is -2.49. The Balaban J connectivity index is 1.73. The number of carbonyl (C=O) groups is 2. The van der Waals surface area contributed by atoms with Crippen LogP contribution in [0.15, 0.2) is 0 Å². The van der Waals surface area contributed by atoms with E-state index in [2.05, 4.69) is 10.6 Å². The Morgan fingerprint density at radius 3 is 2.29 bits per heavy atom. The van der Waals surface area contributed by atoms with Crippen LogP contribution in [0.4, 0.5) is 0 Å². The van der Waals surface area contributed by atoms with E-state index in [1.54, 1.807) is 6.92 Å². The zero-order chi connectivity index (χ0) is 15.6. The maximum atomic E-state index is 12.2. The number of amides is 2. The molecule has 2 aliphatic carbocycles. The molecule has 2 amide bonds. The molecule has 0 aromatic carbocycles. The van der Waals surface area contributed by atoms with Crippen molar-refractivity contribution in [3.63, 3.8) is 0 Å². The van der Waals surface area contributed by atoms with Crippen molar-refractivity contribution in [3.8, 4) is 0 Å². The highest BCUT2D eigenvalue weighted by Gasteiger charge is 2.44. The highest BCUT2D eigenvalue weighted by Crippen LogP contribution is 2.44. The second-order valence-electron chi connectivity index (χ2n) is 7.86. The molecule has 0 aliphatic heterocycles. The molecule has 2 fully saturated rings. The van der Waals surface area contributed by atoms with Gasteiger partial charge in [0.25, 0.3) is 0 Å². The lowest BCUT2D eigenvalue weighted by atomic mass is 9.85. The van der Waals surface area contributed by atoms with Crippen molar-refractivity contribution in [2.75, 3.05) is 0 Å². The summed E-state index contributed by atoms with van der Waals surface area (Å²) >= 11 is 0. The summed E-state index contributed by atoms with van der Waals surface area (Å²) in [6.07, 6.45) is 7.84. The lowest BCUT2D eigenvalue weighted by molar-refractivity contribution is -0.133. The third-order valence-corrected chi connectivity index (χ3v) is 4.84. The van der Waals surface area contributed by atoms with Crippen LogP contribution in [0.5, 0.6) is 0 Å². The molecule has 2 N–H and O–H groups in total. The summed E-state index contributed by atoms with van der Waals surface area (Å²) in [5, 5.41) is 5.90. The van der Waals surface area contributed by atoms with Crippen LogP contribution in [0.3, 0.4) is 0 Å². The van der Waals surface area contributed by atoms with Crippen LogP contribution in [-0.4, -0.2) is 23.9 Å². The van der Waals surface area contributed by atoms with Crippen molar-refractivity contribution in [1.82, 2.24) is 10.6 Å². The molecule has 3 atom stereocenters. The zero-order valence-corrected chi connectivity index (χ0v) is 13.9. The highest BCUT2D eigenvalue weighted by atomic mass is 16.2. The second kappa shape index (κ2) is 6.37. The maximum Gasteiger partial charge on any atom is 0.242 e. The Kier molecular flexibility index (Phi) is 4.95. The Morgan fingerprint density at radius 2 is 1.71 bits per heavy atom. The zero-order valence-electron chi connectivity index (χ0n) is 13.9. The van der Waals surface area contributed by atoms with Gasteiger partial charge in [0.15, 0.2) is 0 Å². The molecule has 4 heteroatoms. The van der Waals surface area contributed by atoms with Gasteiger partial charge in [0.05, 0.1) is 0 Å².